The molecule has 0 unspecified atom stereocenters. The van der Waals surface area contributed by atoms with E-state index >= 15 is 0 Å². The van der Waals surface area contributed by atoms with Gasteiger partial charge in [-0.25, -0.2) is 0 Å². The molecule has 82 valence electrons. The topological polar surface area (TPSA) is 30.0 Å². The second kappa shape index (κ2) is 5.06. The lowest BCUT2D eigenvalue weighted by Gasteiger charge is -2.20. The molecule has 0 aliphatic carbocycles. The molecule has 0 saturated carbocycles. The fourth-order valence-corrected chi connectivity index (χ4v) is 1.73. The molecule has 15 heavy (non-hydrogen) atoms. The quantitative estimate of drug-likeness (QED) is 0.756. The van der Waals surface area contributed by atoms with Crippen molar-refractivity contribution in [3.63, 3.8) is 0 Å². The molecule has 0 bridgehead atoms. The predicted octanol–water partition coefficient (Wildman–Crippen LogP) is 3.05. The summed E-state index contributed by atoms with van der Waals surface area (Å²) in [6.45, 7) is 8.03. The van der Waals surface area contributed by atoms with Gasteiger partial charge in [0.15, 0.2) is 0 Å². The van der Waals surface area contributed by atoms with Crippen molar-refractivity contribution in [2.45, 2.75) is 33.6 Å². The number of Topliss-reactive ketones (excluding diaryl/α,β-unsaturated/α-hetero) is 1. The molecule has 1 aromatic heterocycles. The molecule has 1 heterocycles. The van der Waals surface area contributed by atoms with Crippen LogP contribution in [0.5, 0.6) is 0 Å². The van der Waals surface area contributed by atoms with Gasteiger partial charge in [0.25, 0.3) is 0 Å². The van der Waals surface area contributed by atoms with Gasteiger partial charge in [0.2, 0.25) is 0 Å². The molecule has 0 saturated heterocycles. The smallest absolute Gasteiger partial charge is 0.144 e. The maximum atomic E-state index is 12.0. The second-order valence-electron chi connectivity index (χ2n) is 4.53. The van der Waals surface area contributed by atoms with Gasteiger partial charge in [0.05, 0.1) is 11.6 Å². The molecule has 0 fully saturated rings. The molecular weight excluding hydrogens is 186 g/mol. The first kappa shape index (κ1) is 11.9. The highest BCUT2D eigenvalue weighted by Gasteiger charge is 2.26. The van der Waals surface area contributed by atoms with E-state index in [0.717, 1.165) is 5.69 Å². The molecule has 1 rings (SSSR count). The molecule has 1 aromatic rings. The summed E-state index contributed by atoms with van der Waals surface area (Å²) in [5, 5.41) is 0. The van der Waals surface area contributed by atoms with Gasteiger partial charge < -0.3 is 0 Å². The zero-order valence-electron chi connectivity index (χ0n) is 9.90. The van der Waals surface area contributed by atoms with Crippen LogP contribution in [0.15, 0.2) is 24.4 Å². The number of aromatic nitrogens is 1. The molecule has 0 radical (unpaired) electrons. The van der Waals surface area contributed by atoms with Crippen molar-refractivity contribution in [1.29, 1.82) is 0 Å². The summed E-state index contributed by atoms with van der Waals surface area (Å²) < 4.78 is 0. The minimum Gasteiger partial charge on any atom is -0.299 e. The molecule has 0 aliphatic heterocycles. The standard InChI is InChI=1S/C13H19NO/c1-9(2)12(13(15)10(3)4)11-7-5-6-8-14-11/h5-10,12H,1-4H3/t12-/m1/s1. The van der Waals surface area contributed by atoms with Crippen molar-refractivity contribution in [2.75, 3.05) is 0 Å². The van der Waals surface area contributed by atoms with Crippen molar-refractivity contribution in [3.05, 3.63) is 30.1 Å². The number of ketones is 1. The van der Waals surface area contributed by atoms with Gasteiger partial charge in [-0.15, -0.1) is 0 Å². The van der Waals surface area contributed by atoms with Crippen molar-refractivity contribution >= 4 is 5.78 Å². The second-order valence-corrected chi connectivity index (χ2v) is 4.53. The highest BCUT2D eigenvalue weighted by atomic mass is 16.1. The van der Waals surface area contributed by atoms with Gasteiger partial charge >= 0.3 is 0 Å². The fraction of sp³-hybridized carbons (Fsp3) is 0.538. The molecule has 2 heteroatoms. The van der Waals surface area contributed by atoms with Crippen LogP contribution in [0, 0.1) is 11.8 Å². The molecule has 1 atom stereocenters. The Bertz CT molecular complexity index is 317. The largest absolute Gasteiger partial charge is 0.299 e. The van der Waals surface area contributed by atoms with Gasteiger partial charge in [-0.1, -0.05) is 33.8 Å². The lowest BCUT2D eigenvalue weighted by molar-refractivity contribution is -0.124. The van der Waals surface area contributed by atoms with E-state index in [2.05, 4.69) is 18.8 Å². The van der Waals surface area contributed by atoms with E-state index in [1.807, 2.05) is 32.0 Å². The number of carbonyl (C=O) groups excluding carboxylic acids is 1. The van der Waals surface area contributed by atoms with Crippen molar-refractivity contribution < 1.29 is 4.79 Å². The first-order valence-corrected chi connectivity index (χ1v) is 5.48. The van der Waals surface area contributed by atoms with Crippen LogP contribution in [0.25, 0.3) is 0 Å². The number of hydrogen-bond acceptors (Lipinski definition) is 2. The SMILES string of the molecule is CC(C)C(=O)[C@@H](c1ccccn1)C(C)C. The number of nitrogens with zero attached hydrogens (tertiary/aromatic N) is 1. The Kier molecular flexibility index (Phi) is 4.01. The lowest BCUT2D eigenvalue weighted by Crippen LogP contribution is -2.23. The van der Waals surface area contributed by atoms with Gasteiger partial charge in [0, 0.05) is 12.1 Å². The minimum atomic E-state index is -0.0637. The third kappa shape index (κ3) is 2.88. The van der Waals surface area contributed by atoms with Gasteiger partial charge in [0.1, 0.15) is 5.78 Å². The lowest BCUT2D eigenvalue weighted by atomic mass is 9.83. The summed E-state index contributed by atoms with van der Waals surface area (Å²) >= 11 is 0. The third-order valence-electron chi connectivity index (χ3n) is 2.55. The van der Waals surface area contributed by atoms with Crippen LogP contribution in [0.3, 0.4) is 0 Å². The predicted molar refractivity (Wildman–Crippen MR) is 61.7 cm³/mol. The maximum Gasteiger partial charge on any atom is 0.144 e. The summed E-state index contributed by atoms with van der Waals surface area (Å²) in [6.07, 6.45) is 1.75. The summed E-state index contributed by atoms with van der Waals surface area (Å²) in [5.74, 6) is 0.587. The van der Waals surface area contributed by atoms with Gasteiger partial charge in [-0.2, -0.15) is 0 Å². The molecule has 0 amide bonds. The van der Waals surface area contributed by atoms with Crippen molar-refractivity contribution in [2.24, 2.45) is 11.8 Å². The summed E-state index contributed by atoms with van der Waals surface area (Å²) in [4.78, 5) is 16.3. The van der Waals surface area contributed by atoms with Gasteiger partial charge in [-0.3, -0.25) is 9.78 Å². The maximum absolute atomic E-state index is 12.0. The molecule has 0 N–H and O–H groups in total. The van der Waals surface area contributed by atoms with Crippen LogP contribution in [-0.4, -0.2) is 10.8 Å². The van der Waals surface area contributed by atoms with Crippen molar-refractivity contribution in [3.8, 4) is 0 Å². The number of hydrogen-bond donors (Lipinski definition) is 0. The number of rotatable bonds is 4. The summed E-state index contributed by atoms with van der Waals surface area (Å²) in [7, 11) is 0. The van der Waals surface area contributed by atoms with E-state index in [-0.39, 0.29) is 17.6 Å². The zero-order valence-corrected chi connectivity index (χ0v) is 9.90. The number of carbonyl (C=O) groups is 1. The first-order chi connectivity index (χ1) is 7.04. The third-order valence-corrected chi connectivity index (χ3v) is 2.55. The Morgan fingerprint density at radius 2 is 1.87 bits per heavy atom. The van der Waals surface area contributed by atoms with Crippen LogP contribution < -0.4 is 0 Å². The van der Waals surface area contributed by atoms with Crippen molar-refractivity contribution in [1.82, 2.24) is 4.98 Å². The van der Waals surface area contributed by atoms with Crippen LogP contribution in [0.2, 0.25) is 0 Å². The Labute approximate surface area is 91.7 Å². The van der Waals surface area contributed by atoms with E-state index in [1.54, 1.807) is 6.20 Å². The Morgan fingerprint density at radius 1 is 1.20 bits per heavy atom. The Hall–Kier alpha value is -1.18. The van der Waals surface area contributed by atoms with E-state index in [0.29, 0.717) is 5.92 Å². The monoisotopic (exact) mass is 205 g/mol. The van der Waals surface area contributed by atoms with E-state index in [1.165, 1.54) is 0 Å². The van der Waals surface area contributed by atoms with Gasteiger partial charge in [-0.05, 0) is 18.1 Å². The molecule has 0 spiro atoms. The van der Waals surface area contributed by atoms with Crippen LogP contribution in [0.1, 0.15) is 39.3 Å². The molecule has 0 aromatic carbocycles. The Balaban J connectivity index is 2.99. The average Bonchev–Trinajstić information content (AvgIpc) is 2.18. The zero-order chi connectivity index (χ0) is 11.4. The van der Waals surface area contributed by atoms with E-state index in [9.17, 15) is 4.79 Å². The van der Waals surface area contributed by atoms with Crippen LogP contribution in [-0.2, 0) is 4.79 Å². The molecular formula is C13H19NO. The number of pyridine rings is 1. The van der Waals surface area contributed by atoms with Crippen LogP contribution in [0.4, 0.5) is 0 Å². The molecule has 0 aliphatic rings. The fourth-order valence-electron chi connectivity index (χ4n) is 1.73. The highest BCUT2D eigenvalue weighted by molar-refractivity contribution is 5.87. The Morgan fingerprint density at radius 3 is 2.27 bits per heavy atom. The minimum absolute atomic E-state index is 0.0637. The molecule has 2 nitrogen and oxygen atoms in total. The van der Waals surface area contributed by atoms with E-state index < -0.39 is 0 Å². The highest BCUT2D eigenvalue weighted by Crippen LogP contribution is 2.26. The average molecular weight is 205 g/mol. The van der Waals surface area contributed by atoms with Crippen LogP contribution >= 0.6 is 0 Å². The normalized spacial score (nSPS) is 13.2. The summed E-state index contributed by atoms with van der Waals surface area (Å²) in [5.41, 5.74) is 0.895. The van der Waals surface area contributed by atoms with E-state index in [4.69, 9.17) is 0 Å². The first-order valence-electron chi connectivity index (χ1n) is 5.48. The summed E-state index contributed by atoms with van der Waals surface area (Å²) in [6, 6.07) is 5.75.